The van der Waals surface area contributed by atoms with E-state index in [1.807, 2.05) is 31.4 Å². The second-order valence-electron chi connectivity index (χ2n) is 4.63. The van der Waals surface area contributed by atoms with Crippen LogP contribution in [0.3, 0.4) is 0 Å². The van der Waals surface area contributed by atoms with E-state index in [-0.39, 0.29) is 12.3 Å². The van der Waals surface area contributed by atoms with Crippen LogP contribution in [0.25, 0.3) is 0 Å². The van der Waals surface area contributed by atoms with Gasteiger partial charge >= 0.3 is 0 Å². The van der Waals surface area contributed by atoms with Crippen LogP contribution in [-0.4, -0.2) is 19.1 Å². The average molecular weight is 330 g/mol. The highest BCUT2D eigenvalue weighted by Crippen LogP contribution is 2.33. The number of nitrogens with zero attached hydrogens (tertiary/aromatic N) is 1. The maximum absolute atomic E-state index is 12.1. The molecule has 0 atom stereocenters. The summed E-state index contributed by atoms with van der Waals surface area (Å²) in [5.74, 6) is 0.845. The van der Waals surface area contributed by atoms with Crippen molar-refractivity contribution in [2.24, 2.45) is 0 Å². The van der Waals surface area contributed by atoms with Crippen LogP contribution < -0.4 is 14.8 Å². The Morgan fingerprint density at radius 2 is 1.96 bits per heavy atom. The van der Waals surface area contributed by atoms with Crippen molar-refractivity contribution in [1.82, 2.24) is 0 Å². The quantitative estimate of drug-likeness (QED) is 0.842. The van der Waals surface area contributed by atoms with Crippen LogP contribution in [0.15, 0.2) is 29.6 Å². The van der Waals surface area contributed by atoms with E-state index in [1.165, 1.54) is 11.3 Å². The first-order valence-corrected chi connectivity index (χ1v) is 8.21. The second kappa shape index (κ2) is 8.20. The van der Waals surface area contributed by atoms with Gasteiger partial charge in [-0.1, -0.05) is 6.07 Å². The van der Waals surface area contributed by atoms with Gasteiger partial charge < -0.3 is 14.8 Å². The molecule has 1 aromatic carbocycles. The van der Waals surface area contributed by atoms with Crippen molar-refractivity contribution in [1.29, 1.82) is 5.26 Å². The summed E-state index contributed by atoms with van der Waals surface area (Å²) in [5.41, 5.74) is 0.775. The van der Waals surface area contributed by atoms with Gasteiger partial charge in [0.1, 0.15) is 6.07 Å². The molecule has 0 fully saturated rings. The van der Waals surface area contributed by atoms with Gasteiger partial charge in [-0.2, -0.15) is 5.26 Å². The number of hydrogen-bond acceptors (Lipinski definition) is 5. The van der Waals surface area contributed by atoms with Crippen LogP contribution >= 0.6 is 11.3 Å². The molecule has 0 bridgehead atoms. The highest BCUT2D eigenvalue weighted by atomic mass is 32.1. The van der Waals surface area contributed by atoms with Gasteiger partial charge in [-0.15, -0.1) is 11.3 Å². The number of carbonyl (C=O) groups excluding carboxylic acids is 1. The van der Waals surface area contributed by atoms with Crippen LogP contribution in [0.4, 0.5) is 5.69 Å². The molecule has 1 amide bonds. The third-order valence-electron chi connectivity index (χ3n) is 2.99. The van der Waals surface area contributed by atoms with E-state index in [0.29, 0.717) is 36.0 Å². The first-order valence-electron chi connectivity index (χ1n) is 7.33. The Hall–Kier alpha value is -2.52. The Labute approximate surface area is 139 Å². The molecule has 120 valence electrons. The van der Waals surface area contributed by atoms with E-state index in [0.717, 1.165) is 4.88 Å². The van der Waals surface area contributed by atoms with Gasteiger partial charge in [-0.3, -0.25) is 4.79 Å². The van der Waals surface area contributed by atoms with Gasteiger partial charge in [0.05, 0.1) is 30.9 Å². The summed E-state index contributed by atoms with van der Waals surface area (Å²) in [7, 11) is 0. The van der Waals surface area contributed by atoms with E-state index in [2.05, 4.69) is 11.4 Å². The number of ether oxygens (including phenoxy) is 2. The predicted molar refractivity (Wildman–Crippen MR) is 90.1 cm³/mol. The molecule has 0 aliphatic carbocycles. The maximum Gasteiger partial charge on any atom is 0.229 e. The van der Waals surface area contributed by atoms with Gasteiger partial charge in [0.15, 0.2) is 11.5 Å². The molecular weight excluding hydrogens is 312 g/mol. The SMILES string of the molecule is CCOc1cc(C#N)c(NC(=O)Cc2cccs2)cc1OCC. The van der Waals surface area contributed by atoms with Gasteiger partial charge in [0.25, 0.3) is 0 Å². The molecule has 6 heteroatoms. The zero-order valence-corrected chi connectivity index (χ0v) is 13.9. The number of rotatable bonds is 7. The van der Waals surface area contributed by atoms with E-state index >= 15 is 0 Å². The normalized spacial score (nSPS) is 9.96. The molecule has 2 aromatic rings. The summed E-state index contributed by atoms with van der Waals surface area (Å²) >= 11 is 1.52. The van der Waals surface area contributed by atoms with Crippen molar-refractivity contribution in [3.05, 3.63) is 40.1 Å². The number of nitrogens with one attached hydrogen (secondary N) is 1. The van der Waals surface area contributed by atoms with Crippen LogP contribution in [0, 0.1) is 11.3 Å². The van der Waals surface area contributed by atoms with E-state index in [4.69, 9.17) is 9.47 Å². The standard InChI is InChI=1S/C17H18N2O3S/c1-3-21-15-8-12(11-18)14(10-16(15)22-4-2)19-17(20)9-13-6-5-7-23-13/h5-8,10H,3-4,9H2,1-2H3,(H,19,20). The lowest BCUT2D eigenvalue weighted by atomic mass is 10.1. The Kier molecular flexibility index (Phi) is 6.01. The molecule has 5 nitrogen and oxygen atoms in total. The first-order chi connectivity index (χ1) is 11.2. The van der Waals surface area contributed by atoms with Crippen LogP contribution in [-0.2, 0) is 11.2 Å². The third-order valence-corrected chi connectivity index (χ3v) is 3.87. The molecule has 0 spiro atoms. The smallest absolute Gasteiger partial charge is 0.229 e. The lowest BCUT2D eigenvalue weighted by Gasteiger charge is -2.14. The molecule has 0 saturated heterocycles. The summed E-state index contributed by atoms with van der Waals surface area (Å²) < 4.78 is 11.0. The van der Waals surface area contributed by atoms with Gasteiger partial charge in [0, 0.05) is 17.0 Å². The number of thiophene rings is 1. The van der Waals surface area contributed by atoms with Crippen LogP contribution in [0.1, 0.15) is 24.3 Å². The fraction of sp³-hybridized carbons (Fsp3) is 0.294. The number of nitriles is 1. The van der Waals surface area contributed by atoms with Crippen molar-refractivity contribution in [3.8, 4) is 17.6 Å². The molecular formula is C17H18N2O3S. The topological polar surface area (TPSA) is 71.3 Å². The molecule has 2 rings (SSSR count). The largest absolute Gasteiger partial charge is 0.490 e. The minimum atomic E-state index is -0.171. The highest BCUT2D eigenvalue weighted by molar-refractivity contribution is 7.10. The van der Waals surface area contributed by atoms with E-state index in [9.17, 15) is 10.1 Å². The lowest BCUT2D eigenvalue weighted by Crippen LogP contribution is -2.15. The Balaban J connectivity index is 2.24. The number of hydrogen-bond donors (Lipinski definition) is 1. The third kappa shape index (κ3) is 4.47. The lowest BCUT2D eigenvalue weighted by molar-refractivity contribution is -0.115. The predicted octanol–water partition coefficient (Wildman–Crippen LogP) is 3.60. The second-order valence-corrected chi connectivity index (χ2v) is 5.66. The fourth-order valence-corrected chi connectivity index (χ4v) is 2.76. The van der Waals surface area contributed by atoms with E-state index in [1.54, 1.807) is 12.1 Å². The molecule has 0 unspecified atom stereocenters. The van der Waals surface area contributed by atoms with Gasteiger partial charge in [-0.25, -0.2) is 0 Å². The Bertz CT molecular complexity index is 705. The monoisotopic (exact) mass is 330 g/mol. The molecule has 0 radical (unpaired) electrons. The number of carbonyl (C=O) groups is 1. The van der Waals surface area contributed by atoms with Crippen LogP contribution in [0.5, 0.6) is 11.5 Å². The van der Waals surface area contributed by atoms with E-state index < -0.39 is 0 Å². The summed E-state index contributed by atoms with van der Waals surface area (Å²) in [5, 5.41) is 14.0. The van der Waals surface area contributed by atoms with Crippen molar-refractivity contribution in [2.75, 3.05) is 18.5 Å². The highest BCUT2D eigenvalue weighted by Gasteiger charge is 2.14. The van der Waals surface area contributed by atoms with Gasteiger partial charge in [0.2, 0.25) is 5.91 Å². The minimum absolute atomic E-state index is 0.171. The molecule has 0 saturated carbocycles. The summed E-state index contributed by atoms with van der Waals surface area (Å²) in [4.78, 5) is 13.1. The molecule has 0 aliphatic heterocycles. The molecule has 1 N–H and O–H groups in total. The van der Waals surface area contributed by atoms with Crippen molar-refractivity contribution >= 4 is 22.9 Å². The summed E-state index contributed by atoms with van der Waals surface area (Å²) in [6.45, 7) is 4.66. The molecule has 1 heterocycles. The van der Waals surface area contributed by atoms with Crippen molar-refractivity contribution in [3.63, 3.8) is 0 Å². The van der Waals surface area contributed by atoms with Crippen molar-refractivity contribution < 1.29 is 14.3 Å². The van der Waals surface area contributed by atoms with Crippen molar-refractivity contribution in [2.45, 2.75) is 20.3 Å². The first kappa shape index (κ1) is 16.8. The van der Waals surface area contributed by atoms with Gasteiger partial charge in [-0.05, 0) is 25.3 Å². The van der Waals surface area contributed by atoms with Crippen LogP contribution in [0.2, 0.25) is 0 Å². The zero-order chi connectivity index (χ0) is 16.7. The minimum Gasteiger partial charge on any atom is -0.490 e. The molecule has 23 heavy (non-hydrogen) atoms. The summed E-state index contributed by atoms with van der Waals surface area (Å²) in [6, 6.07) is 9.11. The Morgan fingerprint density at radius 1 is 1.26 bits per heavy atom. The Morgan fingerprint density at radius 3 is 2.52 bits per heavy atom. The molecule has 1 aromatic heterocycles. The molecule has 0 aliphatic rings. The zero-order valence-electron chi connectivity index (χ0n) is 13.1. The average Bonchev–Trinajstić information content (AvgIpc) is 3.02. The number of amides is 1. The number of anilines is 1. The number of benzene rings is 1. The fourth-order valence-electron chi connectivity index (χ4n) is 2.06. The maximum atomic E-state index is 12.1. The summed E-state index contributed by atoms with van der Waals surface area (Å²) in [6.07, 6.45) is 0.277.